The molecule has 6 nitrogen and oxygen atoms in total. The Labute approximate surface area is 116 Å². The molecule has 0 saturated carbocycles. The van der Waals surface area contributed by atoms with Crippen LogP contribution in [0.15, 0.2) is 22.9 Å². The van der Waals surface area contributed by atoms with Gasteiger partial charge in [0, 0.05) is 12.7 Å². The van der Waals surface area contributed by atoms with Crippen LogP contribution in [0.2, 0.25) is 0 Å². The zero-order chi connectivity index (χ0) is 13.5. The van der Waals surface area contributed by atoms with Crippen LogP contribution in [0.3, 0.4) is 0 Å². The first-order valence-electron chi connectivity index (χ1n) is 6.98. The number of fused-ring (bicyclic) bond motifs is 2. The van der Waals surface area contributed by atoms with Crippen LogP contribution in [0.5, 0.6) is 0 Å². The third kappa shape index (κ3) is 1.92. The molecule has 20 heavy (non-hydrogen) atoms. The molecule has 2 fully saturated rings. The number of hydrogen-bond acceptors (Lipinski definition) is 6. The number of pyridine rings is 1. The molecule has 3 unspecified atom stereocenters. The molecule has 0 radical (unpaired) electrons. The van der Waals surface area contributed by atoms with Gasteiger partial charge in [-0.2, -0.15) is 4.98 Å². The van der Waals surface area contributed by atoms with Crippen molar-refractivity contribution in [3.05, 3.63) is 29.7 Å². The van der Waals surface area contributed by atoms with Crippen LogP contribution < -0.4 is 5.73 Å². The average molecular weight is 272 g/mol. The van der Waals surface area contributed by atoms with Gasteiger partial charge in [-0.05, 0) is 30.9 Å². The molecule has 0 amide bonds. The lowest BCUT2D eigenvalue weighted by atomic mass is 9.89. The number of aromatic nitrogens is 3. The van der Waals surface area contributed by atoms with E-state index in [0.29, 0.717) is 24.2 Å². The monoisotopic (exact) mass is 272 g/mol. The Morgan fingerprint density at radius 1 is 1.30 bits per heavy atom. The van der Waals surface area contributed by atoms with Crippen molar-refractivity contribution in [2.24, 2.45) is 5.73 Å². The third-order valence-electron chi connectivity index (χ3n) is 4.16. The lowest BCUT2D eigenvalue weighted by Crippen LogP contribution is -2.15. The summed E-state index contributed by atoms with van der Waals surface area (Å²) in [6.07, 6.45) is 5.64. The Balaban J connectivity index is 1.58. The topological polar surface area (TPSA) is 87.1 Å². The maximum Gasteiger partial charge on any atom is 0.276 e. The van der Waals surface area contributed by atoms with E-state index in [1.54, 1.807) is 6.20 Å². The van der Waals surface area contributed by atoms with E-state index >= 15 is 0 Å². The van der Waals surface area contributed by atoms with Crippen LogP contribution in [0.4, 0.5) is 0 Å². The molecule has 6 heteroatoms. The van der Waals surface area contributed by atoms with Gasteiger partial charge in [-0.15, -0.1) is 0 Å². The Kier molecular flexibility index (Phi) is 2.78. The van der Waals surface area contributed by atoms with Gasteiger partial charge in [-0.25, -0.2) is 0 Å². The van der Waals surface area contributed by atoms with E-state index in [9.17, 15) is 0 Å². The molecule has 2 aromatic rings. The summed E-state index contributed by atoms with van der Waals surface area (Å²) in [5, 5.41) is 4.11. The molecule has 104 valence electrons. The van der Waals surface area contributed by atoms with Crippen molar-refractivity contribution < 1.29 is 9.26 Å². The van der Waals surface area contributed by atoms with Gasteiger partial charge in [-0.1, -0.05) is 11.2 Å². The van der Waals surface area contributed by atoms with E-state index < -0.39 is 0 Å². The van der Waals surface area contributed by atoms with E-state index in [0.717, 1.165) is 30.7 Å². The van der Waals surface area contributed by atoms with Gasteiger partial charge in [0.05, 0.1) is 18.1 Å². The molecule has 2 aliphatic rings. The summed E-state index contributed by atoms with van der Waals surface area (Å²) >= 11 is 0. The van der Waals surface area contributed by atoms with Gasteiger partial charge in [0.1, 0.15) is 5.69 Å². The molecule has 0 aromatic carbocycles. The molecular formula is C14H16N4O2. The maximum atomic E-state index is 5.83. The highest BCUT2D eigenvalue weighted by Crippen LogP contribution is 2.43. The Hall–Kier alpha value is -1.79. The van der Waals surface area contributed by atoms with E-state index in [1.807, 2.05) is 12.1 Å². The number of ether oxygens (including phenoxy) is 1. The summed E-state index contributed by atoms with van der Waals surface area (Å²) in [4.78, 5) is 8.79. The van der Waals surface area contributed by atoms with Gasteiger partial charge in [0.2, 0.25) is 0 Å². The summed E-state index contributed by atoms with van der Waals surface area (Å²) in [7, 11) is 0. The largest absolute Gasteiger partial charge is 0.374 e. The maximum absolute atomic E-state index is 5.83. The average Bonchev–Trinajstić information content (AvgIpc) is 3.23. The summed E-state index contributed by atoms with van der Waals surface area (Å²) in [6, 6.07) is 3.78. The van der Waals surface area contributed by atoms with Crippen molar-refractivity contribution in [3.63, 3.8) is 0 Å². The molecule has 2 aliphatic heterocycles. The lowest BCUT2D eigenvalue weighted by molar-refractivity contribution is 0.0996. The molecular weight excluding hydrogens is 256 g/mol. The SMILES string of the molecule is NCc1ccc(-c2nc(C3CC4CCC3O4)no2)nc1. The van der Waals surface area contributed by atoms with Gasteiger partial charge in [-0.3, -0.25) is 4.98 Å². The Bertz CT molecular complexity index is 610. The minimum absolute atomic E-state index is 0.262. The molecule has 2 aromatic heterocycles. The molecule has 2 N–H and O–H groups in total. The highest BCUT2D eigenvalue weighted by Gasteiger charge is 2.43. The molecule has 0 spiro atoms. The quantitative estimate of drug-likeness (QED) is 0.913. The molecule has 0 aliphatic carbocycles. The second-order valence-corrected chi connectivity index (χ2v) is 5.43. The van der Waals surface area contributed by atoms with Crippen LogP contribution in [-0.4, -0.2) is 27.3 Å². The first-order chi connectivity index (χ1) is 9.83. The van der Waals surface area contributed by atoms with Crippen LogP contribution in [-0.2, 0) is 11.3 Å². The van der Waals surface area contributed by atoms with Crippen LogP contribution >= 0.6 is 0 Å². The molecule has 4 heterocycles. The van der Waals surface area contributed by atoms with E-state index in [4.69, 9.17) is 15.0 Å². The van der Waals surface area contributed by atoms with Gasteiger partial charge in [0.15, 0.2) is 5.82 Å². The van der Waals surface area contributed by atoms with Crippen molar-refractivity contribution in [2.45, 2.75) is 43.9 Å². The van der Waals surface area contributed by atoms with Crippen molar-refractivity contribution >= 4 is 0 Å². The highest BCUT2D eigenvalue weighted by molar-refractivity contribution is 5.46. The number of nitrogens with two attached hydrogens (primary N) is 1. The van der Waals surface area contributed by atoms with E-state index in [-0.39, 0.29) is 12.0 Å². The van der Waals surface area contributed by atoms with Crippen molar-refractivity contribution in [1.82, 2.24) is 15.1 Å². The van der Waals surface area contributed by atoms with E-state index in [1.165, 1.54) is 0 Å². The normalized spacial score (nSPS) is 28.1. The zero-order valence-corrected chi connectivity index (χ0v) is 11.0. The molecule has 3 atom stereocenters. The first kappa shape index (κ1) is 12.0. The van der Waals surface area contributed by atoms with E-state index in [2.05, 4.69) is 15.1 Å². The third-order valence-corrected chi connectivity index (χ3v) is 4.16. The fourth-order valence-electron chi connectivity index (χ4n) is 3.07. The standard InChI is InChI=1S/C14H16N4O2/c15-6-8-1-3-11(16-7-8)14-17-13(18-20-14)10-5-9-2-4-12(10)19-9/h1,3,7,9-10,12H,2,4-6,15H2. The fourth-order valence-corrected chi connectivity index (χ4v) is 3.07. The van der Waals surface area contributed by atoms with Crippen molar-refractivity contribution in [2.75, 3.05) is 0 Å². The Morgan fingerprint density at radius 3 is 2.90 bits per heavy atom. The number of hydrogen-bond donors (Lipinski definition) is 1. The summed E-state index contributed by atoms with van der Waals surface area (Å²) in [5.41, 5.74) is 7.22. The highest BCUT2D eigenvalue weighted by atomic mass is 16.5. The fraction of sp³-hybridized carbons (Fsp3) is 0.500. The lowest BCUT2D eigenvalue weighted by Gasteiger charge is -2.13. The zero-order valence-electron chi connectivity index (χ0n) is 11.0. The predicted molar refractivity (Wildman–Crippen MR) is 70.7 cm³/mol. The van der Waals surface area contributed by atoms with Crippen molar-refractivity contribution in [1.29, 1.82) is 0 Å². The molecule has 4 rings (SSSR count). The number of nitrogens with zero attached hydrogens (tertiary/aromatic N) is 3. The summed E-state index contributed by atoms with van der Waals surface area (Å²) < 4.78 is 11.2. The number of rotatable bonds is 3. The van der Waals surface area contributed by atoms with Crippen LogP contribution in [0.25, 0.3) is 11.6 Å². The molecule has 2 saturated heterocycles. The summed E-state index contributed by atoms with van der Waals surface area (Å²) in [5.74, 6) is 1.48. The second-order valence-electron chi connectivity index (χ2n) is 5.43. The summed E-state index contributed by atoms with van der Waals surface area (Å²) in [6.45, 7) is 0.477. The minimum Gasteiger partial charge on any atom is -0.374 e. The van der Waals surface area contributed by atoms with Crippen LogP contribution in [0, 0.1) is 0 Å². The predicted octanol–water partition coefficient (Wildman–Crippen LogP) is 1.63. The minimum atomic E-state index is 0.262. The van der Waals surface area contributed by atoms with Gasteiger partial charge >= 0.3 is 0 Å². The smallest absolute Gasteiger partial charge is 0.276 e. The van der Waals surface area contributed by atoms with Crippen molar-refractivity contribution in [3.8, 4) is 11.6 Å². The second kappa shape index (κ2) is 4.64. The first-order valence-corrected chi connectivity index (χ1v) is 6.98. The Morgan fingerprint density at radius 2 is 2.25 bits per heavy atom. The van der Waals surface area contributed by atoms with Gasteiger partial charge < -0.3 is 15.0 Å². The van der Waals surface area contributed by atoms with Gasteiger partial charge in [0.25, 0.3) is 5.89 Å². The molecule has 2 bridgehead atoms. The van der Waals surface area contributed by atoms with Crippen LogP contribution in [0.1, 0.15) is 36.6 Å².